The number of hydrogen-bond acceptors (Lipinski definition) is 3. The van der Waals surface area contributed by atoms with E-state index in [1.165, 1.54) is 0 Å². The first-order valence-corrected chi connectivity index (χ1v) is 4.97. The molecule has 2 aromatic rings. The van der Waals surface area contributed by atoms with Crippen LogP contribution < -0.4 is 21.0 Å². The molecule has 0 fully saturated rings. The number of benzene rings is 2. The van der Waals surface area contributed by atoms with E-state index in [0.717, 1.165) is 22.0 Å². The summed E-state index contributed by atoms with van der Waals surface area (Å²) in [5.41, 5.74) is 7.17. The third kappa shape index (κ3) is 1.34. The van der Waals surface area contributed by atoms with Gasteiger partial charge in [-0.1, -0.05) is 12.6 Å². The molecule has 3 heteroatoms. The Morgan fingerprint density at radius 3 is 2.81 bits per heavy atom. The van der Waals surface area contributed by atoms with Crippen LogP contribution in [-0.2, 0) is 0 Å². The molecular formula is C13H10N2O. The lowest BCUT2D eigenvalue weighted by Crippen LogP contribution is -2.13. The van der Waals surface area contributed by atoms with Crippen LogP contribution in [-0.4, -0.2) is 0 Å². The zero-order chi connectivity index (χ0) is 11.1. The summed E-state index contributed by atoms with van der Waals surface area (Å²) in [7, 11) is 0. The van der Waals surface area contributed by atoms with Crippen molar-refractivity contribution in [3.05, 3.63) is 47.0 Å². The molecule has 0 bridgehead atoms. The molecule has 1 aliphatic heterocycles. The van der Waals surface area contributed by atoms with Crippen LogP contribution >= 0.6 is 0 Å². The average Bonchev–Trinajstić information content (AvgIpc) is 2.26. The Balaban J connectivity index is 2.29. The monoisotopic (exact) mass is 210 g/mol. The van der Waals surface area contributed by atoms with Crippen molar-refractivity contribution in [3.8, 4) is 11.5 Å². The van der Waals surface area contributed by atoms with Gasteiger partial charge in [-0.15, -0.1) is 0 Å². The standard InChI is InChI=1S/C13H10N2O/c1-8-2-4-10-12(6-8)16-13-7-9(14)3-5-11(13)15-10/h2-7H,1,14H2. The molecule has 16 heavy (non-hydrogen) atoms. The maximum Gasteiger partial charge on any atom is 0.155 e. The van der Waals surface area contributed by atoms with Crippen LogP contribution in [0.3, 0.4) is 0 Å². The number of anilines is 1. The maximum absolute atomic E-state index is 5.73. The quantitative estimate of drug-likeness (QED) is 0.574. The molecule has 2 N–H and O–H groups in total. The van der Waals surface area contributed by atoms with Crippen molar-refractivity contribution < 1.29 is 4.74 Å². The molecule has 0 radical (unpaired) electrons. The van der Waals surface area contributed by atoms with E-state index in [1.807, 2.05) is 30.3 Å². The molecule has 0 spiro atoms. The zero-order valence-corrected chi connectivity index (χ0v) is 8.60. The summed E-state index contributed by atoms with van der Waals surface area (Å²) in [6.07, 6.45) is 0. The topological polar surface area (TPSA) is 47.6 Å². The van der Waals surface area contributed by atoms with Crippen LogP contribution in [0.15, 0.2) is 41.4 Å². The van der Waals surface area contributed by atoms with Gasteiger partial charge in [0, 0.05) is 11.8 Å². The predicted molar refractivity (Wildman–Crippen MR) is 63.3 cm³/mol. The van der Waals surface area contributed by atoms with Crippen LogP contribution in [0, 0.1) is 0 Å². The van der Waals surface area contributed by atoms with Gasteiger partial charge in [-0.05, 0) is 29.5 Å². The van der Waals surface area contributed by atoms with E-state index in [4.69, 9.17) is 10.5 Å². The third-order valence-electron chi connectivity index (χ3n) is 2.47. The highest BCUT2D eigenvalue weighted by Gasteiger charge is 2.11. The first kappa shape index (κ1) is 8.97. The highest BCUT2D eigenvalue weighted by Crippen LogP contribution is 2.34. The SMILES string of the molecule is C=c1ccc2c(c1)Oc1cc(N)ccc1N=2. The van der Waals surface area contributed by atoms with Crippen LogP contribution in [0.5, 0.6) is 11.5 Å². The third-order valence-corrected chi connectivity index (χ3v) is 2.47. The molecule has 0 aromatic heterocycles. The van der Waals surface area contributed by atoms with E-state index in [9.17, 15) is 0 Å². The minimum atomic E-state index is 0.670. The fourth-order valence-corrected chi connectivity index (χ4v) is 1.69. The molecule has 0 atom stereocenters. The van der Waals surface area contributed by atoms with E-state index in [2.05, 4.69) is 11.6 Å². The van der Waals surface area contributed by atoms with Crippen molar-refractivity contribution in [1.29, 1.82) is 0 Å². The molecule has 0 unspecified atom stereocenters. The Kier molecular flexibility index (Phi) is 1.74. The van der Waals surface area contributed by atoms with Gasteiger partial charge >= 0.3 is 0 Å². The van der Waals surface area contributed by atoms with Crippen LogP contribution in [0.25, 0.3) is 6.58 Å². The summed E-state index contributed by atoms with van der Waals surface area (Å²) in [5, 5.41) is 1.73. The lowest BCUT2D eigenvalue weighted by Gasteiger charge is -2.14. The molecule has 1 heterocycles. The van der Waals surface area contributed by atoms with E-state index in [0.29, 0.717) is 11.4 Å². The molecular weight excluding hydrogens is 200 g/mol. The van der Waals surface area contributed by atoms with Gasteiger partial charge in [0.15, 0.2) is 11.5 Å². The van der Waals surface area contributed by atoms with Crippen molar-refractivity contribution in [3.63, 3.8) is 0 Å². The number of nitrogen functional groups attached to an aromatic ring is 1. The first-order valence-electron chi connectivity index (χ1n) is 4.97. The number of nitrogens with two attached hydrogens (primary N) is 1. The molecule has 2 aromatic carbocycles. The first-order chi connectivity index (χ1) is 7.72. The molecule has 0 amide bonds. The zero-order valence-electron chi connectivity index (χ0n) is 8.60. The molecule has 0 saturated carbocycles. The van der Waals surface area contributed by atoms with Crippen molar-refractivity contribution in [2.75, 3.05) is 5.73 Å². The fourth-order valence-electron chi connectivity index (χ4n) is 1.69. The lowest BCUT2D eigenvalue weighted by molar-refractivity contribution is 0.470. The number of ether oxygens (including phenoxy) is 1. The van der Waals surface area contributed by atoms with Crippen LogP contribution in [0.1, 0.15) is 0 Å². The van der Waals surface area contributed by atoms with E-state index in [-0.39, 0.29) is 0 Å². The Labute approximate surface area is 92.5 Å². The lowest BCUT2D eigenvalue weighted by atomic mass is 10.2. The molecule has 78 valence electrons. The number of rotatable bonds is 0. The maximum atomic E-state index is 5.73. The normalized spacial score (nSPS) is 12.0. The Morgan fingerprint density at radius 1 is 1.06 bits per heavy atom. The van der Waals surface area contributed by atoms with Gasteiger partial charge < -0.3 is 10.5 Å². The van der Waals surface area contributed by atoms with Gasteiger partial charge in [-0.25, -0.2) is 4.99 Å². The van der Waals surface area contributed by atoms with E-state index < -0.39 is 0 Å². The molecule has 3 rings (SSSR count). The summed E-state index contributed by atoms with van der Waals surface area (Å²) < 4.78 is 5.73. The second-order valence-electron chi connectivity index (χ2n) is 3.74. The van der Waals surface area contributed by atoms with Crippen molar-refractivity contribution in [2.45, 2.75) is 0 Å². The number of hydrogen-bond donors (Lipinski definition) is 1. The molecule has 3 nitrogen and oxygen atoms in total. The summed E-state index contributed by atoms with van der Waals surface area (Å²) in [6.45, 7) is 3.86. The summed E-state index contributed by atoms with van der Waals surface area (Å²) in [5.74, 6) is 1.42. The summed E-state index contributed by atoms with van der Waals surface area (Å²) in [4.78, 5) is 4.48. The minimum absolute atomic E-state index is 0.670. The second-order valence-corrected chi connectivity index (χ2v) is 3.74. The second kappa shape index (κ2) is 3.10. The molecule has 1 aliphatic rings. The van der Waals surface area contributed by atoms with Crippen molar-refractivity contribution in [2.24, 2.45) is 4.99 Å². The minimum Gasteiger partial charge on any atom is -0.453 e. The molecule has 0 aliphatic carbocycles. The Hall–Kier alpha value is -2.29. The Morgan fingerprint density at radius 2 is 1.94 bits per heavy atom. The predicted octanol–water partition coefficient (Wildman–Crippen LogP) is 1.74. The van der Waals surface area contributed by atoms with Crippen LogP contribution in [0.2, 0.25) is 0 Å². The van der Waals surface area contributed by atoms with Crippen LogP contribution in [0.4, 0.5) is 11.4 Å². The Bertz CT molecular complexity index is 677. The van der Waals surface area contributed by atoms with Crippen molar-refractivity contribution >= 4 is 18.0 Å². The highest BCUT2D eigenvalue weighted by molar-refractivity contribution is 5.61. The molecule has 0 saturated heterocycles. The fraction of sp³-hybridized carbons (Fsp3) is 0. The average molecular weight is 210 g/mol. The van der Waals surface area contributed by atoms with Crippen molar-refractivity contribution in [1.82, 2.24) is 0 Å². The summed E-state index contributed by atoms with van der Waals surface area (Å²) in [6, 6.07) is 11.1. The van der Waals surface area contributed by atoms with Gasteiger partial charge in [0.1, 0.15) is 11.0 Å². The van der Waals surface area contributed by atoms with E-state index in [1.54, 1.807) is 6.07 Å². The smallest absolute Gasteiger partial charge is 0.155 e. The number of nitrogens with zero attached hydrogens (tertiary/aromatic N) is 1. The van der Waals surface area contributed by atoms with E-state index >= 15 is 0 Å². The van der Waals surface area contributed by atoms with Gasteiger partial charge in [0.25, 0.3) is 0 Å². The van der Waals surface area contributed by atoms with Gasteiger partial charge in [-0.3, -0.25) is 0 Å². The number of fused-ring (bicyclic) bond motifs is 2. The highest BCUT2D eigenvalue weighted by atomic mass is 16.5. The van der Waals surface area contributed by atoms with Gasteiger partial charge in [-0.2, -0.15) is 0 Å². The van der Waals surface area contributed by atoms with Gasteiger partial charge in [0.05, 0.1) is 0 Å². The largest absolute Gasteiger partial charge is 0.453 e. The summed E-state index contributed by atoms with van der Waals surface area (Å²) >= 11 is 0. The van der Waals surface area contributed by atoms with Gasteiger partial charge in [0.2, 0.25) is 0 Å².